The molecule has 0 atom stereocenters. The van der Waals surface area contributed by atoms with E-state index in [4.69, 9.17) is 4.42 Å². The summed E-state index contributed by atoms with van der Waals surface area (Å²) in [4.78, 5) is 31.4. The van der Waals surface area contributed by atoms with Crippen LogP contribution in [0.15, 0.2) is 41.3 Å². The van der Waals surface area contributed by atoms with Gasteiger partial charge in [0.05, 0.1) is 6.20 Å². The van der Waals surface area contributed by atoms with Gasteiger partial charge in [-0.1, -0.05) is 6.92 Å². The summed E-state index contributed by atoms with van der Waals surface area (Å²) in [5, 5.41) is 2.86. The third-order valence-corrected chi connectivity index (χ3v) is 4.08. The summed E-state index contributed by atoms with van der Waals surface area (Å²) in [6.07, 6.45) is 3.61. The third-order valence-electron chi connectivity index (χ3n) is 4.08. The van der Waals surface area contributed by atoms with Crippen LogP contribution in [0.5, 0.6) is 0 Å². The highest BCUT2D eigenvalue weighted by Gasteiger charge is 2.21. The van der Waals surface area contributed by atoms with Crippen molar-refractivity contribution in [3.8, 4) is 11.3 Å². The number of ketones is 1. The number of Topliss-reactive ketones (excluding diaryl/α,β-unsaturated/α-hetero) is 1. The Balaban J connectivity index is 1.83. The molecule has 0 unspecified atom stereocenters. The fraction of sp³-hybridized carbons (Fsp3) is 0.211. The quantitative estimate of drug-likeness (QED) is 0.689. The molecule has 0 aliphatic carbocycles. The molecule has 0 radical (unpaired) electrons. The van der Waals surface area contributed by atoms with E-state index in [1.165, 1.54) is 13.3 Å². The van der Waals surface area contributed by atoms with Crippen LogP contribution in [0.3, 0.4) is 0 Å². The summed E-state index contributed by atoms with van der Waals surface area (Å²) in [7, 11) is 0. The molecule has 0 aliphatic heterocycles. The zero-order valence-electron chi connectivity index (χ0n) is 14.3. The molecule has 2 aromatic heterocycles. The molecule has 0 bridgehead atoms. The Morgan fingerprint density at radius 2 is 1.96 bits per heavy atom. The van der Waals surface area contributed by atoms with Crippen LogP contribution in [-0.2, 0) is 6.42 Å². The molecule has 0 saturated carbocycles. The fourth-order valence-electron chi connectivity index (χ4n) is 2.97. The number of rotatable bonds is 5. The van der Waals surface area contributed by atoms with Crippen LogP contribution in [0.1, 0.15) is 46.0 Å². The molecule has 0 aliphatic rings. The van der Waals surface area contributed by atoms with E-state index in [1.54, 1.807) is 25.3 Å². The highest BCUT2D eigenvalue weighted by atomic mass is 16.3. The lowest BCUT2D eigenvalue weighted by atomic mass is 10.0. The topological polar surface area (TPSA) is 88.0 Å². The lowest BCUT2D eigenvalue weighted by Gasteiger charge is -2.07. The van der Waals surface area contributed by atoms with Crippen molar-refractivity contribution in [2.45, 2.75) is 27.2 Å². The number of hydrogen-bond acceptors (Lipinski definition) is 4. The van der Waals surface area contributed by atoms with Gasteiger partial charge in [0.1, 0.15) is 5.69 Å². The van der Waals surface area contributed by atoms with E-state index in [1.807, 2.05) is 19.1 Å². The van der Waals surface area contributed by atoms with Crippen molar-refractivity contribution < 1.29 is 14.0 Å². The minimum absolute atomic E-state index is 0.0407. The van der Waals surface area contributed by atoms with E-state index < -0.39 is 0 Å². The first-order valence-corrected chi connectivity index (χ1v) is 8.04. The highest BCUT2D eigenvalue weighted by Crippen LogP contribution is 2.23. The average Bonchev–Trinajstić information content (AvgIpc) is 3.22. The number of aryl methyl sites for hydroxylation is 1. The molecule has 0 spiro atoms. The van der Waals surface area contributed by atoms with Gasteiger partial charge in [-0.05, 0) is 50.1 Å². The van der Waals surface area contributed by atoms with Crippen molar-refractivity contribution in [3.63, 3.8) is 0 Å². The highest BCUT2D eigenvalue weighted by molar-refractivity contribution is 6.07. The molecule has 25 heavy (non-hydrogen) atoms. The Labute approximate surface area is 145 Å². The molecule has 1 amide bonds. The zero-order valence-corrected chi connectivity index (χ0v) is 14.3. The summed E-state index contributed by atoms with van der Waals surface area (Å²) in [5.41, 5.74) is 4.04. The van der Waals surface area contributed by atoms with Crippen molar-refractivity contribution in [1.82, 2.24) is 9.97 Å². The second-order valence-electron chi connectivity index (χ2n) is 5.79. The van der Waals surface area contributed by atoms with Crippen molar-refractivity contribution >= 4 is 17.4 Å². The number of nitrogens with zero attached hydrogens (tertiary/aromatic N) is 1. The van der Waals surface area contributed by atoms with E-state index in [2.05, 4.69) is 15.3 Å². The van der Waals surface area contributed by atoms with Crippen LogP contribution < -0.4 is 5.32 Å². The summed E-state index contributed by atoms with van der Waals surface area (Å²) >= 11 is 0. The lowest BCUT2D eigenvalue weighted by Crippen LogP contribution is -2.14. The van der Waals surface area contributed by atoms with Gasteiger partial charge in [0.25, 0.3) is 5.91 Å². The van der Waals surface area contributed by atoms with Crippen molar-refractivity contribution in [2.24, 2.45) is 0 Å². The summed E-state index contributed by atoms with van der Waals surface area (Å²) < 4.78 is 5.24. The normalized spacial score (nSPS) is 10.7. The Hall–Kier alpha value is -3.15. The smallest absolute Gasteiger partial charge is 0.272 e. The molecule has 1 aromatic carbocycles. The number of hydrogen-bond donors (Lipinski definition) is 2. The maximum absolute atomic E-state index is 12.6. The Morgan fingerprint density at radius 3 is 2.52 bits per heavy atom. The maximum Gasteiger partial charge on any atom is 0.272 e. The molecule has 6 heteroatoms. The van der Waals surface area contributed by atoms with Crippen molar-refractivity contribution in [2.75, 3.05) is 5.32 Å². The monoisotopic (exact) mass is 337 g/mol. The minimum Gasteiger partial charge on any atom is -0.444 e. The fourth-order valence-corrected chi connectivity index (χ4v) is 2.97. The number of aromatic nitrogens is 2. The van der Waals surface area contributed by atoms with Gasteiger partial charge in [0, 0.05) is 22.5 Å². The number of aromatic amines is 1. The average molecular weight is 337 g/mol. The number of benzene rings is 1. The van der Waals surface area contributed by atoms with Gasteiger partial charge in [-0.25, -0.2) is 4.98 Å². The number of amides is 1. The van der Waals surface area contributed by atoms with Crippen LogP contribution in [-0.4, -0.2) is 21.7 Å². The van der Waals surface area contributed by atoms with Crippen LogP contribution >= 0.6 is 0 Å². The molecule has 2 N–H and O–H groups in total. The first-order chi connectivity index (χ1) is 12.0. The predicted molar refractivity (Wildman–Crippen MR) is 94.8 cm³/mol. The first kappa shape index (κ1) is 16.7. The third kappa shape index (κ3) is 3.24. The van der Waals surface area contributed by atoms with Gasteiger partial charge in [0.15, 0.2) is 17.9 Å². The molecule has 6 nitrogen and oxygen atoms in total. The summed E-state index contributed by atoms with van der Waals surface area (Å²) in [5.74, 6) is 0.359. The molecule has 128 valence electrons. The number of H-pyrrole nitrogens is 1. The van der Waals surface area contributed by atoms with Crippen molar-refractivity contribution in [3.05, 3.63) is 59.4 Å². The Bertz CT molecular complexity index is 906. The summed E-state index contributed by atoms with van der Waals surface area (Å²) in [6, 6.07) is 7.28. The SMILES string of the molecule is CCc1c(C(=O)Nc2ccc(-c3cnco3)cc2)[nH]c(C)c1C(C)=O. The number of anilines is 1. The minimum atomic E-state index is -0.264. The van der Waals surface area contributed by atoms with E-state index >= 15 is 0 Å². The molecular formula is C19H19N3O3. The van der Waals surface area contributed by atoms with Gasteiger partial charge < -0.3 is 14.7 Å². The molecule has 2 heterocycles. The lowest BCUT2D eigenvalue weighted by molar-refractivity contribution is 0.101. The van der Waals surface area contributed by atoms with Gasteiger partial charge in [-0.3, -0.25) is 9.59 Å². The molecule has 3 rings (SSSR count). The standard InChI is InChI=1S/C19H19N3O3/c1-4-15-17(12(3)23)11(2)21-18(15)19(24)22-14-7-5-13(6-8-14)16-9-20-10-25-16/h5-10,21H,4H2,1-3H3,(H,22,24). The van der Waals surface area contributed by atoms with E-state index in [9.17, 15) is 9.59 Å². The van der Waals surface area contributed by atoms with Crippen molar-refractivity contribution in [1.29, 1.82) is 0 Å². The number of carbonyl (C=O) groups is 2. The second-order valence-corrected chi connectivity index (χ2v) is 5.79. The largest absolute Gasteiger partial charge is 0.444 e. The molecule has 0 fully saturated rings. The van der Waals surface area contributed by atoms with E-state index in [-0.39, 0.29) is 11.7 Å². The molecule has 3 aromatic rings. The van der Waals surface area contributed by atoms with Crippen LogP contribution in [0.2, 0.25) is 0 Å². The zero-order chi connectivity index (χ0) is 18.0. The number of nitrogens with one attached hydrogen (secondary N) is 2. The van der Waals surface area contributed by atoms with Gasteiger partial charge >= 0.3 is 0 Å². The van der Waals surface area contributed by atoms with Crippen LogP contribution in [0.25, 0.3) is 11.3 Å². The van der Waals surface area contributed by atoms with Gasteiger partial charge in [-0.2, -0.15) is 0 Å². The second kappa shape index (κ2) is 6.76. The van der Waals surface area contributed by atoms with E-state index in [0.29, 0.717) is 29.1 Å². The Morgan fingerprint density at radius 1 is 1.24 bits per heavy atom. The van der Waals surface area contributed by atoms with Crippen LogP contribution in [0.4, 0.5) is 5.69 Å². The Kier molecular flexibility index (Phi) is 4.52. The number of carbonyl (C=O) groups excluding carboxylic acids is 2. The first-order valence-electron chi connectivity index (χ1n) is 8.04. The number of oxazole rings is 1. The van der Waals surface area contributed by atoms with Gasteiger partial charge in [-0.15, -0.1) is 0 Å². The van der Waals surface area contributed by atoms with Gasteiger partial charge in [0.2, 0.25) is 0 Å². The molecule has 0 saturated heterocycles. The summed E-state index contributed by atoms with van der Waals surface area (Å²) in [6.45, 7) is 5.25. The molecular weight excluding hydrogens is 318 g/mol. The maximum atomic E-state index is 12.6. The van der Waals surface area contributed by atoms with Crippen LogP contribution in [0, 0.1) is 6.92 Å². The van der Waals surface area contributed by atoms with E-state index in [0.717, 1.165) is 16.8 Å². The predicted octanol–water partition coefficient (Wildman–Crippen LogP) is 4.00.